The van der Waals surface area contributed by atoms with Gasteiger partial charge >= 0.3 is 64.2 Å². The zero-order valence-electron chi connectivity index (χ0n) is 2.27. The summed E-state index contributed by atoms with van der Waals surface area (Å²) in [6, 6.07) is 0. The van der Waals surface area contributed by atoms with Crippen LogP contribution in [-0.4, -0.2) is 64.2 Å². The van der Waals surface area contributed by atoms with E-state index in [9.17, 15) is 0 Å². The minimum absolute atomic E-state index is 0. The molecule has 0 heterocycles. The van der Waals surface area contributed by atoms with Gasteiger partial charge in [0, 0.05) is 22.4 Å². The maximum atomic E-state index is 1.66. The third-order valence-corrected chi connectivity index (χ3v) is 113. The molecular formula is H4AgSb2Te2. The van der Waals surface area contributed by atoms with Crippen LogP contribution in [0, 0.1) is 0 Å². The fourth-order valence-electron chi connectivity index (χ4n) is 0. The van der Waals surface area contributed by atoms with Crippen molar-refractivity contribution in [1.82, 2.24) is 0 Å². The topological polar surface area (TPSA) is 0 Å². The number of rotatable bonds is 1. The van der Waals surface area contributed by atoms with Gasteiger partial charge in [0.1, 0.15) is 0 Å². The number of hydrogen-bond acceptors (Lipinski definition) is 0. The Bertz CT molecular complexity index is 9.61. The van der Waals surface area contributed by atoms with E-state index in [-0.39, 0.29) is 22.4 Å². The van der Waals surface area contributed by atoms with E-state index in [0.717, 1.165) is 26.0 Å². The molecule has 0 bridgehead atoms. The van der Waals surface area contributed by atoms with Gasteiger partial charge in [-0.3, -0.25) is 0 Å². The van der Waals surface area contributed by atoms with Crippen LogP contribution in [0.2, 0.25) is 0 Å². The first-order valence-electron chi connectivity index (χ1n) is 0.638. The summed E-state index contributed by atoms with van der Waals surface area (Å²) in [7, 11) is 0. The van der Waals surface area contributed by atoms with Crippen LogP contribution in [-0.2, 0) is 22.4 Å². The minimum atomic E-state index is 0. The van der Waals surface area contributed by atoms with Gasteiger partial charge < -0.3 is 0 Å². The molecule has 0 aromatic carbocycles. The molecule has 0 unspecified atom stereocenters. The molecule has 0 spiro atoms. The van der Waals surface area contributed by atoms with Gasteiger partial charge in [-0.1, -0.05) is 0 Å². The maximum absolute atomic E-state index is 1.66. The van der Waals surface area contributed by atoms with Crippen LogP contribution in [0.25, 0.3) is 0 Å². The normalized spacial score (nSPS) is 6.00. The van der Waals surface area contributed by atoms with Crippen LogP contribution in [0.15, 0.2) is 0 Å². The predicted octanol–water partition coefficient (Wildman–Crippen LogP) is -2.60. The Morgan fingerprint density at radius 2 is 1.20 bits per heavy atom. The molecule has 0 saturated carbocycles. The quantitative estimate of drug-likeness (QED) is 0.286. The second-order valence-corrected chi connectivity index (χ2v) is 58.1. The van der Waals surface area contributed by atoms with Crippen LogP contribution in [0.3, 0.4) is 0 Å². The van der Waals surface area contributed by atoms with Gasteiger partial charge in [-0.05, 0) is 0 Å². The molecule has 1 radical (unpaired) electrons. The van der Waals surface area contributed by atoms with Gasteiger partial charge in [0.25, 0.3) is 0 Å². The molecule has 5 heteroatoms. The summed E-state index contributed by atoms with van der Waals surface area (Å²) in [5.41, 5.74) is 0. The van der Waals surface area contributed by atoms with Crippen LogP contribution in [0.5, 0.6) is 0 Å². The molecule has 0 aromatic rings. The van der Waals surface area contributed by atoms with E-state index in [1.54, 1.807) is 38.2 Å². The van der Waals surface area contributed by atoms with Crippen molar-refractivity contribution >= 4 is 64.2 Å². The summed E-state index contributed by atoms with van der Waals surface area (Å²) >= 11 is 4.92. The molecule has 37 valence electrons. The second kappa shape index (κ2) is 10.9. The Morgan fingerprint density at radius 3 is 1.20 bits per heavy atom. The third kappa shape index (κ3) is 11.5. The van der Waals surface area contributed by atoms with E-state index in [1.807, 2.05) is 0 Å². The van der Waals surface area contributed by atoms with Crippen molar-refractivity contribution in [2.24, 2.45) is 0 Å². The molecular weight excluding hydrogens is 607 g/mol. The Labute approximate surface area is 83.8 Å². The van der Waals surface area contributed by atoms with Gasteiger partial charge in [0.15, 0.2) is 0 Å². The fraction of sp³-hybridized carbons (Fsp3) is 0. The number of hydrogen-bond donors (Lipinski definition) is 0. The summed E-state index contributed by atoms with van der Waals surface area (Å²) in [5, 5.41) is 0. The van der Waals surface area contributed by atoms with E-state index in [1.165, 1.54) is 0 Å². The fourth-order valence-corrected chi connectivity index (χ4v) is 0. The molecule has 0 rings (SSSR count). The van der Waals surface area contributed by atoms with Crippen molar-refractivity contribution in [3.05, 3.63) is 0 Å². The van der Waals surface area contributed by atoms with E-state index < -0.39 is 0 Å². The first-order valence-corrected chi connectivity index (χ1v) is 28.7. The van der Waals surface area contributed by atoms with E-state index >= 15 is 0 Å². The molecule has 0 aliphatic carbocycles. The van der Waals surface area contributed by atoms with Gasteiger partial charge in [-0.15, -0.1) is 0 Å². The summed E-state index contributed by atoms with van der Waals surface area (Å²) < 4.78 is 0. The van der Waals surface area contributed by atoms with Crippen LogP contribution in [0.1, 0.15) is 0 Å². The summed E-state index contributed by atoms with van der Waals surface area (Å²) in [5.74, 6) is 0. The Kier molecular flexibility index (Phi) is 25.4. The molecule has 0 atom stereocenters. The van der Waals surface area contributed by atoms with Gasteiger partial charge in [-0.25, -0.2) is 0 Å². The van der Waals surface area contributed by atoms with Crippen LogP contribution in [0.4, 0.5) is 0 Å². The van der Waals surface area contributed by atoms with Gasteiger partial charge in [-0.2, -0.15) is 0 Å². The predicted molar refractivity (Wildman–Crippen MR) is 28.6 cm³/mol. The first kappa shape index (κ1) is 11.7. The van der Waals surface area contributed by atoms with Crippen molar-refractivity contribution in [1.29, 1.82) is 0 Å². The first-order chi connectivity index (χ1) is 1.91. The standard InChI is InChI=1S/Ag.2Sb.Te2.4H/c;;;1-2;;;;/q;2*+1;-2;;;;. The van der Waals surface area contributed by atoms with Crippen molar-refractivity contribution < 1.29 is 22.4 Å². The zero-order chi connectivity index (χ0) is 3.41. The average molecular weight is 611 g/mol. The van der Waals surface area contributed by atoms with Gasteiger partial charge in [0.05, 0.1) is 0 Å². The molecule has 0 N–H and O–H groups in total. The monoisotopic (exact) mass is 613 g/mol. The zero-order valence-corrected chi connectivity index (χ0v) is 15.0. The Hall–Kier alpha value is 3.96. The van der Waals surface area contributed by atoms with E-state index in [0.29, 0.717) is 0 Å². The molecule has 5 heavy (non-hydrogen) atoms. The average Bonchev–Trinajstić information content (AvgIpc) is 1.37. The van der Waals surface area contributed by atoms with Crippen molar-refractivity contribution in [3.63, 3.8) is 0 Å². The SMILES string of the molecule is [Ag].[SbH2][Te][Te][SbH2]. The second-order valence-electron chi connectivity index (χ2n) is 0.192. The molecule has 0 aliphatic rings. The molecule has 0 aromatic heterocycles. The summed E-state index contributed by atoms with van der Waals surface area (Å²) in [6.07, 6.45) is 0. The third-order valence-electron chi connectivity index (χ3n) is 0.0556. The molecule has 0 aliphatic heterocycles. The van der Waals surface area contributed by atoms with E-state index in [4.69, 9.17) is 0 Å². The Morgan fingerprint density at radius 1 is 1.00 bits per heavy atom. The van der Waals surface area contributed by atoms with Gasteiger partial charge in [0.2, 0.25) is 0 Å². The van der Waals surface area contributed by atoms with Crippen LogP contribution >= 0.6 is 0 Å². The van der Waals surface area contributed by atoms with Crippen molar-refractivity contribution in [2.75, 3.05) is 0 Å². The van der Waals surface area contributed by atoms with Crippen molar-refractivity contribution in [3.8, 4) is 0 Å². The molecule has 0 amide bonds. The molecule has 0 saturated heterocycles. The summed E-state index contributed by atoms with van der Waals surface area (Å²) in [4.78, 5) is 0. The Balaban J connectivity index is 0. The van der Waals surface area contributed by atoms with E-state index in [2.05, 4.69) is 0 Å². The molecule has 0 nitrogen and oxygen atoms in total. The molecule has 0 fully saturated rings. The van der Waals surface area contributed by atoms with Crippen LogP contribution < -0.4 is 0 Å². The summed E-state index contributed by atoms with van der Waals surface area (Å²) in [6.45, 7) is 0. The van der Waals surface area contributed by atoms with Crippen molar-refractivity contribution in [2.45, 2.75) is 0 Å².